The van der Waals surface area contributed by atoms with Crippen molar-refractivity contribution >= 4 is 17.9 Å². The molecular weight excluding hydrogens is 260 g/mol. The summed E-state index contributed by atoms with van der Waals surface area (Å²) in [7, 11) is 0. The van der Waals surface area contributed by atoms with Crippen molar-refractivity contribution in [1.82, 2.24) is 5.32 Å². The van der Waals surface area contributed by atoms with Crippen molar-refractivity contribution in [2.24, 2.45) is 5.73 Å². The first-order valence-corrected chi connectivity index (χ1v) is 5.71. The summed E-state index contributed by atoms with van der Waals surface area (Å²) in [5.41, 5.74) is 5.75. The molecule has 0 radical (unpaired) electrons. The van der Waals surface area contributed by atoms with Gasteiger partial charge in [-0.05, 0) is 35.9 Å². The van der Waals surface area contributed by atoms with E-state index in [2.05, 4.69) is 5.32 Å². The van der Waals surface area contributed by atoms with Gasteiger partial charge in [-0.15, -0.1) is 0 Å². The predicted octanol–water partition coefficient (Wildman–Crippen LogP) is 1.24. The minimum atomic E-state index is -0.780. The normalized spacial score (nSPS) is 11.1. The molecule has 1 aromatic heterocycles. The van der Waals surface area contributed by atoms with Crippen molar-refractivity contribution in [2.45, 2.75) is 0 Å². The van der Waals surface area contributed by atoms with Gasteiger partial charge in [-0.1, -0.05) is 12.1 Å². The molecule has 1 heterocycles. The molecule has 0 fully saturated rings. The number of nitrogens with one attached hydrogen (secondary N) is 1. The summed E-state index contributed by atoms with van der Waals surface area (Å²) in [4.78, 5) is 23.1. The molecule has 2 amide bonds. The summed E-state index contributed by atoms with van der Waals surface area (Å²) < 4.78 is 4.92. The first kappa shape index (κ1) is 13.4. The van der Waals surface area contributed by atoms with Crippen molar-refractivity contribution in [3.05, 3.63) is 59.7 Å². The zero-order chi connectivity index (χ0) is 14.5. The van der Waals surface area contributed by atoms with Gasteiger partial charge < -0.3 is 20.6 Å². The molecule has 0 spiro atoms. The highest BCUT2D eigenvalue weighted by Gasteiger charge is 2.13. The van der Waals surface area contributed by atoms with Crippen molar-refractivity contribution in [3.8, 4) is 5.75 Å². The number of benzene rings is 1. The third-order valence-electron chi connectivity index (χ3n) is 2.46. The van der Waals surface area contributed by atoms with E-state index in [0.717, 1.165) is 0 Å². The standard InChI is InChI=1S/C14H12N2O4/c15-13(18)11(8-9-3-5-10(17)6-4-9)16-14(19)12-2-1-7-20-12/h1-8,17H,(H2,15,18)(H,16,19)/b11-8-. The van der Waals surface area contributed by atoms with Gasteiger partial charge in [-0.25, -0.2) is 0 Å². The Bertz CT molecular complexity index is 642. The zero-order valence-corrected chi connectivity index (χ0v) is 10.4. The maximum Gasteiger partial charge on any atom is 0.291 e. The maximum absolute atomic E-state index is 11.8. The lowest BCUT2D eigenvalue weighted by Crippen LogP contribution is -2.30. The molecule has 0 aliphatic rings. The lowest BCUT2D eigenvalue weighted by Gasteiger charge is -2.05. The Balaban J connectivity index is 2.21. The molecule has 2 rings (SSSR count). The van der Waals surface area contributed by atoms with Crippen LogP contribution in [0.25, 0.3) is 6.08 Å². The molecule has 20 heavy (non-hydrogen) atoms. The highest BCUT2D eigenvalue weighted by Crippen LogP contribution is 2.12. The van der Waals surface area contributed by atoms with Crippen molar-refractivity contribution < 1.29 is 19.1 Å². The molecule has 1 aromatic carbocycles. The van der Waals surface area contributed by atoms with Gasteiger partial charge in [-0.2, -0.15) is 0 Å². The fourth-order valence-electron chi connectivity index (χ4n) is 1.50. The number of phenols is 1. The van der Waals surface area contributed by atoms with Gasteiger partial charge in [0.05, 0.1) is 6.26 Å². The number of amides is 2. The van der Waals surface area contributed by atoms with Crippen molar-refractivity contribution in [1.29, 1.82) is 0 Å². The number of phenolic OH excluding ortho intramolecular Hbond substituents is 1. The molecule has 6 heteroatoms. The van der Waals surface area contributed by atoms with Crippen LogP contribution in [0.3, 0.4) is 0 Å². The number of aromatic hydroxyl groups is 1. The second-order valence-corrected chi connectivity index (χ2v) is 3.95. The molecule has 0 saturated carbocycles. The van der Waals surface area contributed by atoms with Gasteiger partial charge in [0.2, 0.25) is 0 Å². The Hall–Kier alpha value is -3.02. The number of rotatable bonds is 4. The quantitative estimate of drug-likeness (QED) is 0.728. The fraction of sp³-hybridized carbons (Fsp3) is 0. The van der Waals surface area contributed by atoms with Gasteiger partial charge in [-0.3, -0.25) is 9.59 Å². The minimum absolute atomic E-state index is 0.0721. The van der Waals surface area contributed by atoms with Gasteiger partial charge >= 0.3 is 0 Å². The summed E-state index contributed by atoms with van der Waals surface area (Å²) >= 11 is 0. The van der Waals surface area contributed by atoms with Crippen LogP contribution in [0.2, 0.25) is 0 Å². The molecule has 0 bridgehead atoms. The summed E-state index contributed by atoms with van der Waals surface area (Å²) in [6, 6.07) is 9.10. The zero-order valence-electron chi connectivity index (χ0n) is 10.4. The van der Waals surface area contributed by atoms with E-state index >= 15 is 0 Å². The van der Waals surface area contributed by atoms with E-state index in [1.807, 2.05) is 0 Å². The Labute approximate surface area is 114 Å². The third-order valence-corrected chi connectivity index (χ3v) is 2.46. The van der Waals surface area contributed by atoms with Crippen LogP contribution in [-0.2, 0) is 4.79 Å². The van der Waals surface area contributed by atoms with Gasteiger partial charge in [0.15, 0.2) is 5.76 Å². The average Bonchev–Trinajstić information content (AvgIpc) is 2.94. The number of carbonyl (C=O) groups is 2. The van der Waals surface area contributed by atoms with Crippen molar-refractivity contribution in [2.75, 3.05) is 0 Å². The van der Waals surface area contributed by atoms with E-state index in [9.17, 15) is 14.7 Å². The Morgan fingerprint density at radius 2 is 1.90 bits per heavy atom. The molecule has 0 unspecified atom stereocenters. The molecule has 102 valence electrons. The second kappa shape index (κ2) is 5.75. The van der Waals surface area contributed by atoms with E-state index < -0.39 is 11.8 Å². The monoisotopic (exact) mass is 272 g/mol. The smallest absolute Gasteiger partial charge is 0.291 e. The molecule has 2 aromatic rings. The molecular formula is C14H12N2O4. The maximum atomic E-state index is 11.8. The van der Waals surface area contributed by atoms with E-state index in [1.54, 1.807) is 18.2 Å². The molecule has 0 atom stereocenters. The fourth-order valence-corrected chi connectivity index (χ4v) is 1.50. The van der Waals surface area contributed by atoms with Crippen LogP contribution in [0.5, 0.6) is 5.75 Å². The highest BCUT2D eigenvalue weighted by atomic mass is 16.3. The molecule has 4 N–H and O–H groups in total. The van der Waals surface area contributed by atoms with E-state index in [1.165, 1.54) is 30.5 Å². The van der Waals surface area contributed by atoms with E-state index in [-0.39, 0.29) is 17.2 Å². The number of furan rings is 1. The van der Waals surface area contributed by atoms with Crippen LogP contribution in [-0.4, -0.2) is 16.9 Å². The largest absolute Gasteiger partial charge is 0.508 e. The van der Waals surface area contributed by atoms with Crippen LogP contribution in [0, 0.1) is 0 Å². The highest BCUT2D eigenvalue weighted by molar-refractivity contribution is 6.03. The lowest BCUT2D eigenvalue weighted by atomic mass is 10.2. The number of hydrogen-bond donors (Lipinski definition) is 3. The Morgan fingerprint density at radius 1 is 1.20 bits per heavy atom. The first-order chi connectivity index (χ1) is 9.56. The summed E-state index contributed by atoms with van der Waals surface area (Å²) in [5, 5.41) is 11.5. The van der Waals surface area contributed by atoms with Crippen LogP contribution in [0.4, 0.5) is 0 Å². The molecule has 0 saturated heterocycles. The number of hydrogen-bond acceptors (Lipinski definition) is 4. The van der Waals surface area contributed by atoms with Crippen LogP contribution in [0.1, 0.15) is 16.1 Å². The first-order valence-electron chi connectivity index (χ1n) is 5.71. The summed E-state index contributed by atoms with van der Waals surface area (Å²) in [5.74, 6) is -1.18. The predicted molar refractivity (Wildman–Crippen MR) is 71.5 cm³/mol. The SMILES string of the molecule is NC(=O)/C(=C/c1ccc(O)cc1)NC(=O)c1ccco1. The molecule has 0 aliphatic carbocycles. The minimum Gasteiger partial charge on any atom is -0.508 e. The summed E-state index contributed by atoms with van der Waals surface area (Å²) in [6.45, 7) is 0. The van der Waals surface area contributed by atoms with E-state index in [0.29, 0.717) is 5.56 Å². The lowest BCUT2D eigenvalue weighted by molar-refractivity contribution is -0.114. The van der Waals surface area contributed by atoms with E-state index in [4.69, 9.17) is 10.2 Å². The molecule has 0 aliphatic heterocycles. The number of primary amides is 1. The van der Waals surface area contributed by atoms with Crippen LogP contribution < -0.4 is 11.1 Å². The average molecular weight is 272 g/mol. The Kier molecular flexibility index (Phi) is 3.85. The van der Waals surface area contributed by atoms with Crippen LogP contribution in [0.15, 0.2) is 52.8 Å². The van der Waals surface area contributed by atoms with Gasteiger partial charge in [0.25, 0.3) is 11.8 Å². The Morgan fingerprint density at radius 3 is 2.45 bits per heavy atom. The number of nitrogens with two attached hydrogens (primary N) is 1. The van der Waals surface area contributed by atoms with Crippen LogP contribution >= 0.6 is 0 Å². The van der Waals surface area contributed by atoms with Gasteiger partial charge in [0.1, 0.15) is 11.4 Å². The third kappa shape index (κ3) is 3.26. The summed E-state index contributed by atoms with van der Waals surface area (Å²) in [6.07, 6.45) is 2.76. The number of carbonyl (C=O) groups excluding carboxylic acids is 2. The topological polar surface area (TPSA) is 106 Å². The second-order valence-electron chi connectivity index (χ2n) is 3.95. The van der Waals surface area contributed by atoms with Gasteiger partial charge in [0, 0.05) is 0 Å². The van der Waals surface area contributed by atoms with Crippen molar-refractivity contribution in [3.63, 3.8) is 0 Å². The molecule has 6 nitrogen and oxygen atoms in total.